The van der Waals surface area contributed by atoms with Crippen molar-refractivity contribution in [2.24, 2.45) is 0 Å². The lowest BCUT2D eigenvalue weighted by molar-refractivity contribution is -0.132. The molecule has 10 heteroatoms. The van der Waals surface area contributed by atoms with E-state index in [2.05, 4.69) is 11.3 Å². The number of carbonyl (C=O) groups is 1. The number of hydrogen-bond acceptors (Lipinski definition) is 9. The Kier molecular flexibility index (Phi) is 23.9. The Morgan fingerprint density at radius 1 is 0.852 bits per heavy atom. The minimum absolute atomic E-state index is 0.0289. The monoisotopic (exact) mass is 398 g/mol. The molecule has 0 saturated carbocycles. The molecule has 0 fully saturated rings. The number of ether oxygens (including phenoxy) is 6. The second-order valence-corrected chi connectivity index (χ2v) is 5.02. The van der Waals surface area contributed by atoms with Gasteiger partial charge in [0, 0.05) is 12.7 Å². The van der Waals surface area contributed by atoms with Crippen LogP contribution in [0.25, 0.3) is 0 Å². The smallest absolute Gasteiger partial charge is 0.330 e. The number of hydrogen-bond donors (Lipinski definition) is 3. The van der Waals surface area contributed by atoms with Crippen LogP contribution in [0.4, 0.5) is 0 Å². The summed E-state index contributed by atoms with van der Waals surface area (Å²) in [6.07, 6.45) is -0.887. The van der Waals surface area contributed by atoms with Gasteiger partial charge in [-0.3, -0.25) is 0 Å². The largest absolute Gasteiger partial charge is 0.478 e. The van der Waals surface area contributed by atoms with E-state index in [9.17, 15) is 4.79 Å². The van der Waals surface area contributed by atoms with Gasteiger partial charge in [-0.05, 0) is 6.92 Å². The average molecular weight is 398 g/mol. The van der Waals surface area contributed by atoms with Gasteiger partial charge in [-0.1, -0.05) is 6.58 Å². The third-order valence-electron chi connectivity index (χ3n) is 2.62. The highest BCUT2D eigenvalue weighted by Crippen LogP contribution is 1.87. The normalized spacial score (nSPS) is 11.6. The Morgan fingerprint density at radius 3 is 1.48 bits per heavy atom. The number of aliphatic carboxylic acids is 1. The van der Waals surface area contributed by atoms with Crippen molar-refractivity contribution in [1.82, 2.24) is 0 Å². The van der Waals surface area contributed by atoms with Crippen LogP contribution >= 0.6 is 0 Å². The lowest BCUT2D eigenvalue weighted by Crippen LogP contribution is -2.19. The highest BCUT2D eigenvalue weighted by molar-refractivity contribution is 5.84. The van der Waals surface area contributed by atoms with E-state index in [1.807, 2.05) is 0 Å². The van der Waals surface area contributed by atoms with Crippen LogP contribution < -0.4 is 0 Å². The van der Waals surface area contributed by atoms with Crippen molar-refractivity contribution in [3.63, 3.8) is 0 Å². The summed E-state index contributed by atoms with van der Waals surface area (Å²) in [6, 6.07) is 0. The SMILES string of the molecule is C=C(C)C(=O)O.COC(O)COCCOCCOCCOCCOCCO. The van der Waals surface area contributed by atoms with Gasteiger partial charge in [0.2, 0.25) is 0 Å². The van der Waals surface area contributed by atoms with Crippen molar-refractivity contribution >= 4 is 5.97 Å². The maximum Gasteiger partial charge on any atom is 0.330 e. The number of methoxy groups -OCH3 is 1. The first-order valence-corrected chi connectivity index (χ1v) is 8.54. The lowest BCUT2D eigenvalue weighted by Gasteiger charge is -2.09. The molecule has 0 radical (unpaired) electrons. The predicted octanol–water partition coefficient (Wildman–Crippen LogP) is -0.326. The van der Waals surface area contributed by atoms with E-state index in [1.54, 1.807) is 0 Å². The first-order valence-electron chi connectivity index (χ1n) is 8.54. The fraction of sp³-hybridized carbons (Fsp3) is 0.824. The summed E-state index contributed by atoms with van der Waals surface area (Å²) < 4.78 is 30.5. The van der Waals surface area contributed by atoms with Crippen LogP contribution in [-0.4, -0.2) is 107 Å². The van der Waals surface area contributed by atoms with Gasteiger partial charge in [-0.25, -0.2) is 4.79 Å². The molecule has 0 aliphatic rings. The zero-order valence-corrected chi connectivity index (χ0v) is 16.3. The van der Waals surface area contributed by atoms with Gasteiger partial charge in [0.1, 0.15) is 0 Å². The zero-order chi connectivity index (χ0) is 20.8. The Balaban J connectivity index is 0. The van der Waals surface area contributed by atoms with E-state index in [1.165, 1.54) is 14.0 Å². The molecule has 0 rings (SSSR count). The van der Waals surface area contributed by atoms with Gasteiger partial charge in [-0.15, -0.1) is 0 Å². The quantitative estimate of drug-likeness (QED) is 0.160. The first-order chi connectivity index (χ1) is 13.0. The fourth-order valence-electron chi connectivity index (χ4n) is 1.20. The van der Waals surface area contributed by atoms with Crippen LogP contribution in [0.3, 0.4) is 0 Å². The highest BCUT2D eigenvalue weighted by atomic mass is 16.6. The molecule has 0 saturated heterocycles. The summed E-state index contributed by atoms with van der Waals surface area (Å²) in [5.74, 6) is -0.935. The Hall–Kier alpha value is -1.11. The van der Waals surface area contributed by atoms with Gasteiger partial charge in [0.15, 0.2) is 6.29 Å². The minimum Gasteiger partial charge on any atom is -0.478 e. The molecule has 0 aromatic heterocycles. The molecule has 0 heterocycles. The van der Waals surface area contributed by atoms with Crippen LogP contribution in [0.1, 0.15) is 6.92 Å². The Morgan fingerprint density at radius 2 is 1.19 bits per heavy atom. The summed E-state index contributed by atoms with van der Waals surface area (Å²) in [7, 11) is 1.41. The fourth-order valence-corrected chi connectivity index (χ4v) is 1.20. The molecule has 10 nitrogen and oxygen atoms in total. The maximum absolute atomic E-state index is 9.60. The van der Waals surface area contributed by atoms with Crippen LogP contribution in [0.15, 0.2) is 12.2 Å². The topological polar surface area (TPSA) is 133 Å². The first kappa shape index (κ1) is 28.1. The zero-order valence-electron chi connectivity index (χ0n) is 16.3. The molecule has 0 aromatic carbocycles. The molecule has 0 aliphatic heterocycles. The number of rotatable bonds is 18. The lowest BCUT2D eigenvalue weighted by atomic mass is 10.4. The van der Waals surface area contributed by atoms with Crippen molar-refractivity contribution in [2.45, 2.75) is 13.2 Å². The van der Waals surface area contributed by atoms with E-state index in [4.69, 9.17) is 39.0 Å². The Bertz CT molecular complexity index is 326. The van der Waals surface area contributed by atoms with Crippen molar-refractivity contribution < 1.29 is 48.5 Å². The summed E-state index contributed by atoms with van der Waals surface area (Å²) in [5, 5.41) is 25.4. The average Bonchev–Trinajstić information content (AvgIpc) is 2.65. The predicted molar refractivity (Wildman–Crippen MR) is 96.6 cm³/mol. The van der Waals surface area contributed by atoms with Gasteiger partial charge in [0.25, 0.3) is 0 Å². The maximum atomic E-state index is 9.60. The van der Waals surface area contributed by atoms with Crippen LogP contribution in [0.2, 0.25) is 0 Å². The van der Waals surface area contributed by atoms with Gasteiger partial charge >= 0.3 is 5.97 Å². The standard InChI is InChI=1S/C13H28O8.C4H6O2/c1-16-13(15)12-21-11-10-20-9-8-19-7-6-18-5-4-17-3-2-14;1-3(2)4(5)6/h13-15H,2-12H2,1H3;1H2,2H3,(H,5,6). The molecule has 0 amide bonds. The summed E-state index contributed by atoms with van der Waals surface area (Å²) >= 11 is 0. The molecule has 0 aliphatic carbocycles. The number of aliphatic hydroxyl groups is 2. The van der Waals surface area contributed by atoms with E-state index < -0.39 is 12.3 Å². The van der Waals surface area contributed by atoms with Crippen molar-refractivity contribution in [2.75, 3.05) is 79.8 Å². The molecule has 0 spiro atoms. The summed E-state index contributed by atoms with van der Waals surface area (Å²) in [5.41, 5.74) is 0.176. The third kappa shape index (κ3) is 27.2. The molecular weight excluding hydrogens is 364 g/mol. The molecule has 3 N–H and O–H groups in total. The molecule has 0 aromatic rings. The van der Waals surface area contributed by atoms with E-state index in [0.29, 0.717) is 59.5 Å². The number of carboxylic acids is 1. The van der Waals surface area contributed by atoms with Gasteiger partial charge in [-0.2, -0.15) is 0 Å². The van der Waals surface area contributed by atoms with Crippen LogP contribution in [0.5, 0.6) is 0 Å². The molecule has 162 valence electrons. The number of carboxylic acid groups (broad SMARTS) is 1. The molecule has 0 bridgehead atoms. The minimum atomic E-state index is -0.935. The van der Waals surface area contributed by atoms with E-state index >= 15 is 0 Å². The van der Waals surface area contributed by atoms with Crippen LogP contribution in [-0.2, 0) is 33.2 Å². The van der Waals surface area contributed by atoms with Gasteiger partial charge < -0.3 is 43.7 Å². The number of aliphatic hydroxyl groups excluding tert-OH is 2. The van der Waals surface area contributed by atoms with Gasteiger partial charge in [0.05, 0.1) is 72.7 Å². The molecule has 1 unspecified atom stereocenters. The summed E-state index contributed by atoms with van der Waals surface area (Å²) in [4.78, 5) is 9.60. The van der Waals surface area contributed by atoms with E-state index in [0.717, 1.165) is 0 Å². The van der Waals surface area contributed by atoms with Crippen molar-refractivity contribution in [1.29, 1.82) is 0 Å². The second-order valence-electron chi connectivity index (χ2n) is 5.02. The van der Waals surface area contributed by atoms with Crippen LogP contribution in [0, 0.1) is 0 Å². The van der Waals surface area contributed by atoms with Crippen molar-refractivity contribution in [3.8, 4) is 0 Å². The third-order valence-corrected chi connectivity index (χ3v) is 2.62. The summed E-state index contributed by atoms with van der Waals surface area (Å²) in [6.45, 7) is 8.88. The molecular formula is C17H34O10. The second kappa shape index (κ2) is 22.9. The highest BCUT2D eigenvalue weighted by Gasteiger charge is 1.99. The molecule has 1 atom stereocenters. The Labute approximate surface area is 160 Å². The molecule has 27 heavy (non-hydrogen) atoms. The van der Waals surface area contributed by atoms with E-state index in [-0.39, 0.29) is 18.8 Å². The van der Waals surface area contributed by atoms with Crippen molar-refractivity contribution in [3.05, 3.63) is 12.2 Å².